The van der Waals surface area contributed by atoms with Crippen molar-refractivity contribution >= 4 is 17.2 Å². The fourth-order valence-electron chi connectivity index (χ4n) is 4.33. The number of benzene rings is 1. The van der Waals surface area contributed by atoms with Gasteiger partial charge in [0.2, 0.25) is 0 Å². The summed E-state index contributed by atoms with van der Waals surface area (Å²) in [5, 5.41) is 3.82. The molecule has 2 fully saturated rings. The largest absolute Gasteiger partial charge is 0.372 e. The monoisotopic (exact) mass is 340 g/mol. The normalized spacial score (nSPS) is 23.6. The molecule has 2 heterocycles. The number of nitrogens with one attached hydrogen (secondary N) is 1. The molecule has 1 N–H and O–H groups in total. The van der Waals surface area contributed by atoms with Crippen LogP contribution in [0.5, 0.6) is 0 Å². The number of anilines is 1. The Balaban J connectivity index is 1.75. The zero-order valence-corrected chi connectivity index (χ0v) is 16.0. The number of hydrogen-bond acceptors (Lipinski definition) is 4. The van der Waals surface area contributed by atoms with Gasteiger partial charge in [0.05, 0.1) is 5.69 Å². The summed E-state index contributed by atoms with van der Waals surface area (Å²) < 4.78 is 0. The lowest BCUT2D eigenvalue weighted by atomic mass is 9.99. The standard InChI is InChI=1S/C21H32N4/c1-4-24(5-2)19-14-17-18(13-15(19)3)22-20(16-9-10-16)23-21(17)25-11-7-6-8-12-25/h13-14,16,21H,4-12H2,1-3H3,(H,22,23). The number of nitrogens with zero attached hydrogens (tertiary/aromatic N) is 3. The third kappa shape index (κ3) is 3.29. The Kier molecular flexibility index (Phi) is 4.72. The summed E-state index contributed by atoms with van der Waals surface area (Å²) in [5.74, 6) is 1.90. The molecule has 1 atom stereocenters. The van der Waals surface area contributed by atoms with Crippen LogP contribution in [0.25, 0.3) is 0 Å². The van der Waals surface area contributed by atoms with Gasteiger partial charge in [-0.1, -0.05) is 6.42 Å². The van der Waals surface area contributed by atoms with Crippen LogP contribution in [0.3, 0.4) is 0 Å². The SMILES string of the molecule is CCN(CC)c1cc2c(cc1C)N=C(C1CC1)NC2N1CCCCC1. The van der Waals surface area contributed by atoms with Crippen molar-refractivity contribution < 1.29 is 0 Å². The highest BCUT2D eigenvalue weighted by Crippen LogP contribution is 2.41. The fourth-order valence-corrected chi connectivity index (χ4v) is 4.33. The van der Waals surface area contributed by atoms with E-state index in [9.17, 15) is 0 Å². The summed E-state index contributed by atoms with van der Waals surface area (Å²) in [6, 6.07) is 4.74. The van der Waals surface area contributed by atoms with E-state index in [1.165, 1.54) is 73.5 Å². The molecule has 0 spiro atoms. The fraction of sp³-hybridized carbons (Fsp3) is 0.667. The van der Waals surface area contributed by atoms with Crippen LogP contribution in [0.2, 0.25) is 0 Å². The number of aliphatic imine (C=N–C) groups is 1. The summed E-state index contributed by atoms with van der Waals surface area (Å²) in [5.41, 5.74) is 5.29. The van der Waals surface area contributed by atoms with Crippen molar-refractivity contribution in [1.29, 1.82) is 0 Å². The zero-order valence-electron chi connectivity index (χ0n) is 16.0. The second-order valence-electron chi connectivity index (χ2n) is 7.78. The third-order valence-electron chi connectivity index (χ3n) is 5.99. The topological polar surface area (TPSA) is 30.9 Å². The summed E-state index contributed by atoms with van der Waals surface area (Å²) in [6.07, 6.45) is 6.90. The quantitative estimate of drug-likeness (QED) is 0.863. The molecule has 1 aliphatic carbocycles. The molecule has 1 aromatic carbocycles. The molecule has 1 unspecified atom stereocenters. The van der Waals surface area contributed by atoms with Crippen molar-refractivity contribution in [2.75, 3.05) is 31.1 Å². The molecule has 4 nitrogen and oxygen atoms in total. The molecule has 4 rings (SSSR count). The van der Waals surface area contributed by atoms with Gasteiger partial charge in [0, 0.05) is 43.3 Å². The molecule has 2 aliphatic heterocycles. The molecular formula is C21H32N4. The Bertz CT molecular complexity index is 652. The summed E-state index contributed by atoms with van der Waals surface area (Å²) in [7, 11) is 0. The van der Waals surface area contributed by atoms with Gasteiger partial charge in [0.15, 0.2) is 0 Å². The Hall–Kier alpha value is -1.55. The molecule has 1 saturated carbocycles. The summed E-state index contributed by atoms with van der Waals surface area (Å²) in [4.78, 5) is 10.1. The molecule has 0 aromatic heterocycles. The summed E-state index contributed by atoms with van der Waals surface area (Å²) in [6.45, 7) is 11.2. The number of fused-ring (bicyclic) bond motifs is 1. The van der Waals surface area contributed by atoms with Crippen LogP contribution in [-0.4, -0.2) is 36.9 Å². The first-order chi connectivity index (χ1) is 12.2. The predicted molar refractivity (Wildman–Crippen MR) is 106 cm³/mol. The summed E-state index contributed by atoms with van der Waals surface area (Å²) >= 11 is 0. The van der Waals surface area contributed by atoms with Crippen LogP contribution in [0, 0.1) is 12.8 Å². The van der Waals surface area contributed by atoms with Crippen LogP contribution in [0.15, 0.2) is 17.1 Å². The van der Waals surface area contributed by atoms with Gasteiger partial charge in [-0.3, -0.25) is 4.90 Å². The van der Waals surface area contributed by atoms with Crippen LogP contribution in [-0.2, 0) is 0 Å². The van der Waals surface area contributed by atoms with Crippen molar-refractivity contribution in [1.82, 2.24) is 10.2 Å². The van der Waals surface area contributed by atoms with Gasteiger partial charge in [0.1, 0.15) is 12.0 Å². The van der Waals surface area contributed by atoms with Gasteiger partial charge < -0.3 is 10.2 Å². The maximum Gasteiger partial charge on any atom is 0.109 e. The molecule has 0 amide bonds. The average Bonchev–Trinajstić information content (AvgIpc) is 3.48. The maximum absolute atomic E-state index is 5.03. The smallest absolute Gasteiger partial charge is 0.109 e. The van der Waals surface area contributed by atoms with Crippen molar-refractivity contribution in [2.45, 2.75) is 59.0 Å². The first kappa shape index (κ1) is 16.9. The first-order valence-corrected chi connectivity index (χ1v) is 10.2. The number of hydrogen-bond donors (Lipinski definition) is 1. The van der Waals surface area contributed by atoms with Gasteiger partial charge in [-0.15, -0.1) is 0 Å². The molecule has 0 radical (unpaired) electrons. The molecular weight excluding hydrogens is 308 g/mol. The number of amidine groups is 1. The van der Waals surface area contributed by atoms with Gasteiger partial charge in [-0.25, -0.2) is 4.99 Å². The van der Waals surface area contributed by atoms with Gasteiger partial charge in [0.25, 0.3) is 0 Å². The molecule has 0 bridgehead atoms. The second-order valence-corrected chi connectivity index (χ2v) is 7.78. The molecule has 1 aromatic rings. The average molecular weight is 341 g/mol. The number of aryl methyl sites for hydroxylation is 1. The minimum atomic E-state index is 0.304. The highest BCUT2D eigenvalue weighted by Gasteiger charge is 2.35. The lowest BCUT2D eigenvalue weighted by Gasteiger charge is -2.39. The Morgan fingerprint density at radius 3 is 2.48 bits per heavy atom. The number of piperidine rings is 1. The predicted octanol–water partition coefficient (Wildman–Crippen LogP) is 4.37. The molecule has 1 saturated heterocycles. The highest BCUT2D eigenvalue weighted by molar-refractivity contribution is 5.91. The lowest BCUT2D eigenvalue weighted by Crippen LogP contribution is -2.45. The highest BCUT2D eigenvalue weighted by atomic mass is 15.3. The Labute approximate surface area is 152 Å². The molecule has 136 valence electrons. The van der Waals surface area contributed by atoms with Crippen LogP contribution in [0.1, 0.15) is 63.2 Å². The first-order valence-electron chi connectivity index (χ1n) is 10.2. The van der Waals surface area contributed by atoms with Crippen molar-refractivity contribution in [3.63, 3.8) is 0 Å². The third-order valence-corrected chi connectivity index (χ3v) is 5.99. The zero-order chi connectivity index (χ0) is 17.4. The van der Waals surface area contributed by atoms with E-state index in [4.69, 9.17) is 4.99 Å². The van der Waals surface area contributed by atoms with Gasteiger partial charge in [-0.2, -0.15) is 0 Å². The second kappa shape index (κ2) is 6.99. The van der Waals surface area contributed by atoms with E-state index in [1.807, 2.05) is 0 Å². The maximum atomic E-state index is 5.03. The minimum absolute atomic E-state index is 0.304. The Morgan fingerprint density at radius 2 is 1.84 bits per heavy atom. The van der Waals surface area contributed by atoms with E-state index in [1.54, 1.807) is 0 Å². The lowest BCUT2D eigenvalue weighted by molar-refractivity contribution is 0.151. The minimum Gasteiger partial charge on any atom is -0.372 e. The molecule has 3 aliphatic rings. The van der Waals surface area contributed by atoms with Crippen molar-refractivity contribution in [3.05, 3.63) is 23.3 Å². The van der Waals surface area contributed by atoms with E-state index < -0.39 is 0 Å². The molecule has 4 heteroatoms. The van der Waals surface area contributed by atoms with E-state index in [-0.39, 0.29) is 0 Å². The van der Waals surface area contributed by atoms with E-state index >= 15 is 0 Å². The van der Waals surface area contributed by atoms with Crippen molar-refractivity contribution in [3.8, 4) is 0 Å². The number of rotatable bonds is 5. The number of likely N-dealkylation sites (tertiary alicyclic amines) is 1. The van der Waals surface area contributed by atoms with E-state index in [2.05, 4.69) is 48.0 Å². The van der Waals surface area contributed by atoms with Crippen LogP contribution >= 0.6 is 0 Å². The van der Waals surface area contributed by atoms with Crippen LogP contribution < -0.4 is 10.2 Å². The van der Waals surface area contributed by atoms with E-state index in [0.29, 0.717) is 12.1 Å². The Morgan fingerprint density at radius 1 is 1.12 bits per heavy atom. The molecule has 25 heavy (non-hydrogen) atoms. The van der Waals surface area contributed by atoms with Gasteiger partial charge >= 0.3 is 0 Å². The van der Waals surface area contributed by atoms with E-state index in [0.717, 1.165) is 13.1 Å². The van der Waals surface area contributed by atoms with Crippen LogP contribution in [0.4, 0.5) is 11.4 Å². The van der Waals surface area contributed by atoms with Gasteiger partial charge in [-0.05, 0) is 64.2 Å². The van der Waals surface area contributed by atoms with Crippen molar-refractivity contribution in [2.24, 2.45) is 10.9 Å².